The number of fused-ring (bicyclic) bond motifs is 2. The first-order valence-electron chi connectivity index (χ1n) is 9.74. The van der Waals surface area contributed by atoms with Crippen molar-refractivity contribution in [2.45, 2.75) is 29.9 Å². The van der Waals surface area contributed by atoms with Crippen molar-refractivity contribution in [3.63, 3.8) is 0 Å². The zero-order valence-corrected chi connectivity index (χ0v) is 17.1. The van der Waals surface area contributed by atoms with Crippen LogP contribution in [0.25, 0.3) is 0 Å². The molecule has 0 N–H and O–H groups in total. The van der Waals surface area contributed by atoms with Crippen LogP contribution in [0.4, 0.5) is 5.69 Å². The summed E-state index contributed by atoms with van der Waals surface area (Å²) in [4.78, 5) is 28.1. The maximum Gasteiger partial charge on any atom is 0.338 e. The van der Waals surface area contributed by atoms with Gasteiger partial charge in [-0.3, -0.25) is 4.79 Å². The van der Waals surface area contributed by atoms with Crippen molar-refractivity contribution in [1.29, 1.82) is 0 Å². The van der Waals surface area contributed by atoms with Gasteiger partial charge < -0.3 is 19.1 Å². The Bertz CT molecular complexity index is 916. The van der Waals surface area contributed by atoms with E-state index in [0.717, 1.165) is 23.4 Å². The molecule has 2 aliphatic heterocycles. The number of para-hydroxylation sites is 1. The smallest absolute Gasteiger partial charge is 0.338 e. The van der Waals surface area contributed by atoms with Gasteiger partial charge in [-0.1, -0.05) is 19.1 Å². The second-order valence-electron chi connectivity index (χ2n) is 7.02. The summed E-state index contributed by atoms with van der Waals surface area (Å²) >= 11 is 1.76. The minimum Gasteiger partial charge on any atom is -0.490 e. The molecule has 2 aromatic rings. The van der Waals surface area contributed by atoms with Gasteiger partial charge in [-0.15, -0.1) is 11.8 Å². The molecule has 0 aliphatic carbocycles. The molecule has 7 heteroatoms. The highest BCUT2D eigenvalue weighted by Gasteiger charge is 2.25. The van der Waals surface area contributed by atoms with E-state index in [1.165, 1.54) is 0 Å². The van der Waals surface area contributed by atoms with Crippen molar-refractivity contribution in [2.75, 3.05) is 31.3 Å². The van der Waals surface area contributed by atoms with E-state index in [-0.39, 0.29) is 12.5 Å². The summed E-state index contributed by atoms with van der Waals surface area (Å²) in [5.74, 6) is 0.355. The second-order valence-corrected chi connectivity index (χ2v) is 8.50. The number of benzene rings is 2. The van der Waals surface area contributed by atoms with Crippen LogP contribution in [0.5, 0.6) is 11.5 Å². The third-order valence-corrected chi connectivity index (χ3v) is 6.09. The number of esters is 1. The lowest BCUT2D eigenvalue weighted by molar-refractivity contribution is -0.121. The fourth-order valence-corrected chi connectivity index (χ4v) is 4.44. The molecule has 152 valence electrons. The third-order valence-electron chi connectivity index (χ3n) is 4.85. The minimum absolute atomic E-state index is 0.227. The molecule has 0 bridgehead atoms. The molecule has 1 amide bonds. The topological polar surface area (TPSA) is 65.1 Å². The van der Waals surface area contributed by atoms with Gasteiger partial charge in [0.15, 0.2) is 18.1 Å². The van der Waals surface area contributed by atoms with Gasteiger partial charge in [0.1, 0.15) is 0 Å². The zero-order valence-electron chi connectivity index (χ0n) is 16.3. The number of rotatable bonds is 3. The van der Waals surface area contributed by atoms with Gasteiger partial charge in [0.05, 0.1) is 24.5 Å². The van der Waals surface area contributed by atoms with Gasteiger partial charge in [0, 0.05) is 23.1 Å². The normalized spacial score (nSPS) is 18.2. The molecule has 0 saturated carbocycles. The Balaban J connectivity index is 1.43. The van der Waals surface area contributed by atoms with E-state index < -0.39 is 5.97 Å². The second kappa shape index (κ2) is 8.78. The van der Waals surface area contributed by atoms with Crippen molar-refractivity contribution in [2.24, 2.45) is 0 Å². The Hall–Kier alpha value is -2.67. The summed E-state index contributed by atoms with van der Waals surface area (Å²) in [7, 11) is 0. The number of anilines is 1. The largest absolute Gasteiger partial charge is 0.490 e. The number of hydrogen-bond acceptors (Lipinski definition) is 6. The van der Waals surface area contributed by atoms with Crippen molar-refractivity contribution in [3.05, 3.63) is 48.0 Å². The highest BCUT2D eigenvalue weighted by molar-refractivity contribution is 8.00. The molecule has 2 aliphatic rings. The predicted octanol–water partition coefficient (Wildman–Crippen LogP) is 3.92. The van der Waals surface area contributed by atoms with Crippen molar-refractivity contribution < 1.29 is 23.8 Å². The first kappa shape index (κ1) is 19.6. The monoisotopic (exact) mass is 413 g/mol. The quantitative estimate of drug-likeness (QED) is 0.711. The van der Waals surface area contributed by atoms with Crippen molar-refractivity contribution in [1.82, 2.24) is 0 Å². The summed E-state index contributed by atoms with van der Waals surface area (Å²) in [6.07, 6.45) is 1.67. The molecule has 6 nitrogen and oxygen atoms in total. The first-order valence-corrected chi connectivity index (χ1v) is 10.6. The average molecular weight is 413 g/mol. The highest BCUT2D eigenvalue weighted by Crippen LogP contribution is 2.37. The van der Waals surface area contributed by atoms with Crippen LogP contribution in [-0.2, 0) is 9.53 Å². The summed E-state index contributed by atoms with van der Waals surface area (Å²) in [6.45, 7) is 3.57. The lowest BCUT2D eigenvalue weighted by Crippen LogP contribution is -2.35. The van der Waals surface area contributed by atoms with E-state index in [1.54, 1.807) is 34.9 Å². The summed E-state index contributed by atoms with van der Waals surface area (Å²) in [5.41, 5.74) is 1.21. The Kier molecular flexibility index (Phi) is 5.94. The Morgan fingerprint density at radius 2 is 1.93 bits per heavy atom. The molecule has 2 aromatic carbocycles. The van der Waals surface area contributed by atoms with Crippen molar-refractivity contribution in [3.8, 4) is 11.5 Å². The molecule has 4 rings (SSSR count). The zero-order chi connectivity index (χ0) is 20.2. The third kappa shape index (κ3) is 4.50. The lowest BCUT2D eigenvalue weighted by Gasteiger charge is -2.22. The van der Waals surface area contributed by atoms with Gasteiger partial charge in [0.25, 0.3) is 5.91 Å². The van der Waals surface area contributed by atoms with Gasteiger partial charge in [0.2, 0.25) is 0 Å². The van der Waals surface area contributed by atoms with E-state index in [9.17, 15) is 9.59 Å². The Labute approximate surface area is 174 Å². The molecule has 1 atom stereocenters. The number of carbonyl (C=O) groups excluding carboxylic acids is 2. The average Bonchev–Trinajstić information content (AvgIpc) is 3.06. The van der Waals surface area contributed by atoms with E-state index in [2.05, 4.69) is 6.92 Å². The van der Waals surface area contributed by atoms with E-state index in [1.807, 2.05) is 24.3 Å². The van der Waals surface area contributed by atoms with Crippen LogP contribution in [-0.4, -0.2) is 43.5 Å². The molecule has 2 heterocycles. The fourth-order valence-electron chi connectivity index (χ4n) is 3.32. The molecule has 0 spiro atoms. The van der Waals surface area contributed by atoms with Crippen LogP contribution in [0.15, 0.2) is 47.4 Å². The minimum atomic E-state index is -0.556. The number of nitrogens with zero attached hydrogens (tertiary/aromatic N) is 1. The fraction of sp³-hybridized carbons (Fsp3) is 0.364. The molecule has 29 heavy (non-hydrogen) atoms. The number of hydrogen-bond donors (Lipinski definition) is 0. The number of amides is 1. The Morgan fingerprint density at radius 1 is 1.14 bits per heavy atom. The van der Waals surface area contributed by atoms with Gasteiger partial charge in [-0.05, 0) is 36.8 Å². The van der Waals surface area contributed by atoms with Crippen LogP contribution in [0.3, 0.4) is 0 Å². The summed E-state index contributed by atoms with van der Waals surface area (Å²) in [6, 6.07) is 12.8. The first-order chi connectivity index (χ1) is 14.1. The van der Waals surface area contributed by atoms with Gasteiger partial charge >= 0.3 is 5.97 Å². The van der Waals surface area contributed by atoms with E-state index in [0.29, 0.717) is 42.1 Å². The lowest BCUT2D eigenvalue weighted by atomic mass is 10.2. The molecule has 0 aromatic heterocycles. The standard InChI is InChI=1S/C22H23NO5S/c1-15-9-10-23(17-5-2-3-6-20(17)29-15)21(24)14-28-22(25)16-7-8-18-19(13-16)27-12-4-11-26-18/h2-3,5-8,13,15H,4,9-12,14H2,1H3/t15-/m1/s1. The summed E-state index contributed by atoms with van der Waals surface area (Å²) in [5, 5.41) is 0.415. The van der Waals surface area contributed by atoms with E-state index >= 15 is 0 Å². The predicted molar refractivity (Wildman–Crippen MR) is 111 cm³/mol. The maximum absolute atomic E-state index is 12.8. The number of thioether (sulfide) groups is 1. The molecular weight excluding hydrogens is 390 g/mol. The number of carbonyl (C=O) groups is 2. The van der Waals surface area contributed by atoms with Crippen LogP contribution < -0.4 is 14.4 Å². The Morgan fingerprint density at radius 3 is 2.79 bits per heavy atom. The maximum atomic E-state index is 12.8. The molecule has 0 fully saturated rings. The van der Waals surface area contributed by atoms with Crippen molar-refractivity contribution >= 4 is 29.3 Å². The molecule has 0 unspecified atom stereocenters. The van der Waals surface area contributed by atoms with E-state index in [4.69, 9.17) is 14.2 Å². The molecule has 0 saturated heterocycles. The van der Waals surface area contributed by atoms with Crippen LogP contribution in [0.2, 0.25) is 0 Å². The van der Waals surface area contributed by atoms with Gasteiger partial charge in [-0.25, -0.2) is 4.79 Å². The highest BCUT2D eigenvalue weighted by atomic mass is 32.2. The van der Waals surface area contributed by atoms with Gasteiger partial charge in [-0.2, -0.15) is 0 Å². The van der Waals surface area contributed by atoms with Crippen LogP contribution in [0, 0.1) is 0 Å². The summed E-state index contributed by atoms with van der Waals surface area (Å²) < 4.78 is 16.5. The molecular formula is C22H23NO5S. The van der Waals surface area contributed by atoms with Crippen LogP contribution >= 0.6 is 11.8 Å². The SMILES string of the molecule is C[C@@H]1CCN(C(=O)COC(=O)c2ccc3c(c2)OCCCO3)c2ccccc2S1. The molecule has 0 radical (unpaired) electrons. The number of ether oxygens (including phenoxy) is 3. The van der Waals surface area contributed by atoms with Crippen LogP contribution in [0.1, 0.15) is 30.1 Å².